The smallest absolute Gasteiger partial charge is 0.409 e. The minimum Gasteiger partial charge on any atom is -0.478 e. The van der Waals surface area contributed by atoms with E-state index in [0.29, 0.717) is 18.6 Å². The van der Waals surface area contributed by atoms with Gasteiger partial charge in [-0.3, -0.25) is 0 Å². The predicted molar refractivity (Wildman–Crippen MR) is 135 cm³/mol. The third-order valence-electron chi connectivity index (χ3n) is 6.14. The summed E-state index contributed by atoms with van der Waals surface area (Å²) in [5.41, 5.74) is 0.0505. The number of carbonyl (C=O) groups is 5. The van der Waals surface area contributed by atoms with Gasteiger partial charge in [0.05, 0.1) is 17.7 Å². The van der Waals surface area contributed by atoms with Crippen molar-refractivity contribution in [2.75, 3.05) is 26.2 Å². The highest BCUT2D eigenvalue weighted by atomic mass is 16.6. The number of benzene rings is 2. The molecule has 0 unspecified atom stereocenters. The second-order valence-electron chi connectivity index (χ2n) is 8.77. The van der Waals surface area contributed by atoms with Crippen LogP contribution in [0.2, 0.25) is 0 Å². The highest BCUT2D eigenvalue weighted by Gasteiger charge is 2.41. The van der Waals surface area contributed by atoms with E-state index < -0.39 is 36.1 Å². The lowest BCUT2D eigenvalue weighted by Gasteiger charge is -2.21. The maximum absolute atomic E-state index is 12.0. The van der Waals surface area contributed by atoms with Crippen LogP contribution in [0.1, 0.15) is 34.1 Å². The molecule has 0 spiro atoms. The van der Waals surface area contributed by atoms with Crippen LogP contribution in [0.15, 0.2) is 60.7 Å². The molecule has 0 aromatic heterocycles. The van der Waals surface area contributed by atoms with Gasteiger partial charge in [-0.2, -0.15) is 0 Å². The fraction of sp³-hybridized carbons (Fsp3) is 0.370. The molecule has 0 radical (unpaired) electrons. The second-order valence-corrected chi connectivity index (χ2v) is 8.77. The lowest BCUT2D eigenvalue weighted by Crippen LogP contribution is -2.45. The summed E-state index contributed by atoms with van der Waals surface area (Å²) >= 11 is 0. The number of rotatable bonds is 8. The number of esters is 2. The highest BCUT2D eigenvalue weighted by Crippen LogP contribution is 2.24. The van der Waals surface area contributed by atoms with E-state index in [2.05, 4.69) is 5.32 Å². The largest absolute Gasteiger partial charge is 0.478 e. The number of carboxylic acids is 2. The number of carbonyl (C=O) groups excluding carboxylic acids is 3. The number of nitrogens with one attached hydrogen (secondary N) is 1. The van der Waals surface area contributed by atoms with E-state index in [-0.39, 0.29) is 17.2 Å². The first-order valence-electron chi connectivity index (χ1n) is 12.3. The molecule has 2 aromatic carbocycles. The zero-order chi connectivity index (χ0) is 28.4. The number of fused-ring (bicyclic) bond motifs is 1. The molecule has 12 nitrogen and oxygen atoms in total. The van der Waals surface area contributed by atoms with Gasteiger partial charge in [0.1, 0.15) is 0 Å². The molecule has 2 heterocycles. The Morgan fingerprint density at radius 3 is 1.74 bits per heavy atom. The number of amides is 1. The molecule has 2 aliphatic heterocycles. The maximum atomic E-state index is 12.0. The number of nitrogens with zero attached hydrogens (tertiary/aromatic N) is 1. The van der Waals surface area contributed by atoms with E-state index >= 15 is 0 Å². The minimum atomic E-state index is -2.21. The molecular formula is C27H30N2O10. The van der Waals surface area contributed by atoms with E-state index in [1.807, 2.05) is 11.8 Å². The summed E-state index contributed by atoms with van der Waals surface area (Å²) in [5, 5.41) is 21.9. The number of hydrogen-bond acceptors (Lipinski definition) is 9. The van der Waals surface area contributed by atoms with E-state index in [9.17, 15) is 34.2 Å². The average molecular weight is 543 g/mol. The average Bonchev–Trinajstić information content (AvgIpc) is 3.55. The molecule has 12 heteroatoms. The van der Waals surface area contributed by atoms with Crippen LogP contribution in [-0.4, -0.2) is 89.6 Å². The fourth-order valence-corrected chi connectivity index (χ4v) is 4.21. The minimum absolute atomic E-state index is 0.0253. The first-order chi connectivity index (χ1) is 18.7. The van der Waals surface area contributed by atoms with Crippen molar-refractivity contribution in [3.05, 3.63) is 71.8 Å². The molecule has 2 fully saturated rings. The van der Waals surface area contributed by atoms with E-state index in [4.69, 9.17) is 14.2 Å². The van der Waals surface area contributed by atoms with Crippen molar-refractivity contribution < 1.29 is 48.4 Å². The number of hydrogen-bond donors (Lipinski definition) is 3. The van der Waals surface area contributed by atoms with Gasteiger partial charge < -0.3 is 34.6 Å². The lowest BCUT2D eigenvalue weighted by atomic mass is 10.1. The number of carboxylic acid groups (broad SMARTS) is 2. The quantitative estimate of drug-likeness (QED) is 0.330. The Labute approximate surface area is 224 Å². The molecular weight excluding hydrogens is 512 g/mol. The molecule has 4 rings (SSSR count). The van der Waals surface area contributed by atoms with Crippen molar-refractivity contribution in [2.24, 2.45) is 5.92 Å². The molecule has 208 valence electrons. The Kier molecular flexibility index (Phi) is 10.4. The Morgan fingerprint density at radius 1 is 0.846 bits per heavy atom. The zero-order valence-corrected chi connectivity index (χ0v) is 21.2. The predicted octanol–water partition coefficient (Wildman–Crippen LogP) is 2.04. The molecule has 2 saturated heterocycles. The number of aliphatic carboxylic acids is 2. The van der Waals surface area contributed by atoms with E-state index in [1.54, 1.807) is 12.1 Å². The van der Waals surface area contributed by atoms with Crippen LogP contribution >= 0.6 is 0 Å². The summed E-state index contributed by atoms with van der Waals surface area (Å²) in [6.07, 6.45) is -3.39. The van der Waals surface area contributed by atoms with Crippen molar-refractivity contribution in [2.45, 2.75) is 31.6 Å². The third kappa shape index (κ3) is 8.01. The lowest BCUT2D eigenvalue weighted by molar-refractivity contribution is -0.166. The third-order valence-corrected chi connectivity index (χ3v) is 6.14. The van der Waals surface area contributed by atoms with Crippen LogP contribution in [-0.2, 0) is 23.8 Å². The van der Waals surface area contributed by atoms with Gasteiger partial charge in [-0.25, -0.2) is 24.0 Å². The van der Waals surface area contributed by atoms with Gasteiger partial charge in [-0.05, 0) is 50.1 Å². The molecule has 4 atom stereocenters. The standard InChI is InChI=1S/C18H14O8.C9H16N2O2/c19-15(20)13(25-17(23)11-7-3-1-4-8-11)14(16(21)22)26-18(24)12-9-5-2-6-10-12;1-2-13-9(12)11-5-7-3-4-10-8(7)6-11/h1-10,13-14H,(H,19,20)(H,21,22);7-8,10H,2-6H2,1H3/t13-,14-;7-,8+/m10/s1. The van der Waals surface area contributed by atoms with Crippen LogP contribution in [0, 0.1) is 5.92 Å². The fourth-order valence-electron chi connectivity index (χ4n) is 4.21. The maximum Gasteiger partial charge on any atom is 0.409 e. The number of likely N-dealkylation sites (tertiary alicyclic amines) is 1. The molecule has 0 aliphatic carbocycles. The Bertz CT molecular complexity index is 1080. The van der Waals surface area contributed by atoms with Crippen molar-refractivity contribution in [1.29, 1.82) is 0 Å². The first kappa shape index (κ1) is 29.1. The molecule has 0 bridgehead atoms. The summed E-state index contributed by atoms with van der Waals surface area (Å²) in [4.78, 5) is 60.0. The molecule has 2 aliphatic rings. The van der Waals surface area contributed by atoms with Gasteiger partial charge in [0, 0.05) is 19.1 Å². The summed E-state index contributed by atoms with van der Waals surface area (Å²) < 4.78 is 14.5. The van der Waals surface area contributed by atoms with Gasteiger partial charge in [-0.15, -0.1) is 0 Å². The molecule has 1 amide bonds. The number of ether oxygens (including phenoxy) is 3. The summed E-state index contributed by atoms with van der Waals surface area (Å²) in [6.45, 7) is 5.11. The van der Waals surface area contributed by atoms with Crippen molar-refractivity contribution in [3.8, 4) is 0 Å². The Hall–Kier alpha value is -4.45. The normalized spacial score (nSPS) is 18.9. The van der Waals surface area contributed by atoms with Crippen molar-refractivity contribution in [3.63, 3.8) is 0 Å². The Morgan fingerprint density at radius 2 is 1.33 bits per heavy atom. The van der Waals surface area contributed by atoms with Gasteiger partial charge in [0.2, 0.25) is 12.2 Å². The van der Waals surface area contributed by atoms with E-state index in [0.717, 1.165) is 19.6 Å². The van der Waals surface area contributed by atoms with Gasteiger partial charge in [0.15, 0.2) is 0 Å². The molecule has 39 heavy (non-hydrogen) atoms. The second kappa shape index (κ2) is 13.9. The van der Waals surface area contributed by atoms with Crippen LogP contribution in [0.5, 0.6) is 0 Å². The van der Waals surface area contributed by atoms with Gasteiger partial charge in [-0.1, -0.05) is 36.4 Å². The van der Waals surface area contributed by atoms with Crippen molar-refractivity contribution in [1.82, 2.24) is 10.2 Å². The summed E-state index contributed by atoms with van der Waals surface area (Å²) in [6, 6.07) is 15.4. The van der Waals surface area contributed by atoms with Gasteiger partial charge >= 0.3 is 30.0 Å². The summed E-state index contributed by atoms with van der Waals surface area (Å²) in [7, 11) is 0. The van der Waals surface area contributed by atoms with Crippen LogP contribution in [0.25, 0.3) is 0 Å². The van der Waals surface area contributed by atoms with Gasteiger partial charge in [0.25, 0.3) is 0 Å². The monoisotopic (exact) mass is 542 g/mol. The highest BCUT2D eigenvalue weighted by molar-refractivity contribution is 5.95. The summed E-state index contributed by atoms with van der Waals surface area (Å²) in [5.74, 6) is -4.98. The Balaban J connectivity index is 0.000000268. The molecule has 0 saturated carbocycles. The van der Waals surface area contributed by atoms with E-state index in [1.165, 1.54) is 55.0 Å². The van der Waals surface area contributed by atoms with Crippen LogP contribution < -0.4 is 5.32 Å². The van der Waals surface area contributed by atoms with Crippen LogP contribution in [0.4, 0.5) is 4.79 Å². The van der Waals surface area contributed by atoms with Crippen LogP contribution in [0.3, 0.4) is 0 Å². The van der Waals surface area contributed by atoms with Crippen molar-refractivity contribution >= 4 is 30.0 Å². The zero-order valence-electron chi connectivity index (χ0n) is 21.2. The molecule has 3 N–H and O–H groups in total. The molecule has 2 aromatic rings. The first-order valence-corrected chi connectivity index (χ1v) is 12.3. The SMILES string of the molecule is CCOC(=O)N1C[C@@H]2CCN[C@@H]2C1.O=C(O[C@@H](C(=O)O)[C@@H](OC(=O)c1ccccc1)C(=O)O)c1ccccc1. The topological polar surface area (TPSA) is 169 Å².